The Morgan fingerprint density at radius 1 is 0.231 bits per heavy atom. The van der Waals surface area contributed by atoms with Gasteiger partial charge in [-0.05, 0) is 25.7 Å². The topological polar surface area (TPSA) is 237 Å². The third kappa shape index (κ3) is 78.2. The lowest BCUT2D eigenvalue weighted by Crippen LogP contribution is -2.30. The Morgan fingerprint density at radius 3 is 0.567 bits per heavy atom. The molecule has 0 aliphatic carbocycles. The lowest BCUT2D eigenvalue weighted by molar-refractivity contribution is -0.161. The second-order valence-electron chi connectivity index (χ2n) is 30.6. The molecule has 104 heavy (non-hydrogen) atoms. The van der Waals surface area contributed by atoms with Crippen LogP contribution >= 0.6 is 15.6 Å². The van der Waals surface area contributed by atoms with E-state index in [-0.39, 0.29) is 25.7 Å². The number of phosphoric acid groups is 2. The van der Waals surface area contributed by atoms with Crippen molar-refractivity contribution in [1.29, 1.82) is 0 Å². The summed E-state index contributed by atoms with van der Waals surface area (Å²) >= 11 is 0. The van der Waals surface area contributed by atoms with Gasteiger partial charge in [0.1, 0.15) is 19.3 Å². The molecule has 618 valence electrons. The zero-order chi connectivity index (χ0) is 76.0. The van der Waals surface area contributed by atoms with Gasteiger partial charge in [-0.1, -0.05) is 413 Å². The van der Waals surface area contributed by atoms with Crippen molar-refractivity contribution in [3.8, 4) is 0 Å². The first-order valence-corrected chi connectivity index (χ1v) is 47.3. The molecule has 0 radical (unpaired) electrons. The number of carbonyl (C=O) groups is 4. The maximum absolute atomic E-state index is 13.1. The van der Waals surface area contributed by atoms with Crippen LogP contribution in [0.15, 0.2) is 0 Å². The monoisotopic (exact) mass is 1520 g/mol. The lowest BCUT2D eigenvalue weighted by Gasteiger charge is -2.21. The van der Waals surface area contributed by atoms with Gasteiger partial charge in [0.05, 0.1) is 26.4 Å². The first kappa shape index (κ1) is 102. The van der Waals surface area contributed by atoms with Crippen LogP contribution < -0.4 is 0 Å². The number of esters is 4. The van der Waals surface area contributed by atoms with Crippen molar-refractivity contribution in [3.63, 3.8) is 0 Å². The zero-order valence-corrected chi connectivity index (χ0v) is 69.8. The van der Waals surface area contributed by atoms with Crippen LogP contribution in [0, 0.1) is 0 Å². The second kappa shape index (κ2) is 79.2. The Bertz CT molecular complexity index is 1960. The van der Waals surface area contributed by atoms with E-state index in [0.29, 0.717) is 25.7 Å². The van der Waals surface area contributed by atoms with Crippen LogP contribution in [0.3, 0.4) is 0 Å². The second-order valence-corrected chi connectivity index (χ2v) is 33.5. The number of rotatable bonds is 86. The molecule has 0 aliphatic heterocycles. The fraction of sp³-hybridized carbons (Fsp3) is 0.953. The maximum atomic E-state index is 13.1. The van der Waals surface area contributed by atoms with E-state index in [1.807, 2.05) is 0 Å². The maximum Gasteiger partial charge on any atom is 0.472 e. The molecule has 17 nitrogen and oxygen atoms in total. The molecule has 0 heterocycles. The molecular formula is C85H166O17P2. The Balaban J connectivity index is 5.25. The van der Waals surface area contributed by atoms with Gasteiger partial charge in [-0.15, -0.1) is 0 Å². The van der Waals surface area contributed by atoms with Gasteiger partial charge in [0.25, 0.3) is 0 Å². The minimum atomic E-state index is -4.96. The van der Waals surface area contributed by atoms with Crippen LogP contribution in [0.2, 0.25) is 0 Å². The van der Waals surface area contributed by atoms with E-state index >= 15 is 0 Å². The number of hydrogen-bond acceptors (Lipinski definition) is 15. The summed E-state index contributed by atoms with van der Waals surface area (Å²) in [6.45, 7) is 5.06. The minimum Gasteiger partial charge on any atom is -0.462 e. The SMILES string of the molecule is CCCCCCCCCCCCCCCCCCCCCCC(=O)O[C@H](COC(=O)CCCCCCCCCCCCCCCCCC)COP(=O)(O)OC[C@@H](O)COP(=O)(O)OC[C@@H](COC(=O)CCCCCCCCCCCCCCC)OC(=O)CCCCCCCCCCCCCCCCC. The number of unbranched alkanes of at least 4 members (excludes halogenated alkanes) is 60. The first-order valence-electron chi connectivity index (χ1n) is 44.3. The Morgan fingerprint density at radius 2 is 0.385 bits per heavy atom. The van der Waals surface area contributed by atoms with E-state index < -0.39 is 97.5 Å². The van der Waals surface area contributed by atoms with E-state index in [1.165, 1.54) is 295 Å². The predicted octanol–water partition coefficient (Wildman–Crippen LogP) is 26.1. The smallest absolute Gasteiger partial charge is 0.462 e. The van der Waals surface area contributed by atoms with Gasteiger partial charge in [-0.3, -0.25) is 37.3 Å². The Hall–Kier alpha value is -1.94. The standard InChI is InChI=1S/C85H166O17P2/c1-5-9-13-17-21-25-29-33-36-38-39-40-41-44-48-52-56-60-64-68-72-85(90)102-81(76-96-83(88)70-66-62-58-54-50-46-43-37-34-30-26-22-18-14-10-6-2)78-100-104(93,94)98-74-79(86)73-97-103(91,92)99-77-80(75-95-82(87)69-65-61-57-53-49-45-32-28-24-20-16-12-8-4)101-84(89)71-67-63-59-55-51-47-42-35-31-27-23-19-15-11-7-3/h79-81,86H,5-78H2,1-4H3,(H,91,92)(H,93,94)/t79-,80+,81+/m0/s1. The van der Waals surface area contributed by atoms with Gasteiger partial charge >= 0.3 is 39.5 Å². The third-order valence-corrected chi connectivity index (χ3v) is 22.0. The molecule has 5 atom stereocenters. The van der Waals surface area contributed by atoms with Crippen LogP contribution in [0.4, 0.5) is 0 Å². The molecule has 3 N–H and O–H groups in total. The molecule has 0 rings (SSSR count). The molecular weight excluding hydrogens is 1350 g/mol. The van der Waals surface area contributed by atoms with Gasteiger partial charge < -0.3 is 33.8 Å². The summed E-state index contributed by atoms with van der Waals surface area (Å²) < 4.78 is 68.9. The third-order valence-electron chi connectivity index (χ3n) is 20.1. The number of ether oxygens (including phenoxy) is 4. The van der Waals surface area contributed by atoms with Crippen molar-refractivity contribution in [2.24, 2.45) is 0 Å². The van der Waals surface area contributed by atoms with Gasteiger partial charge in [0.2, 0.25) is 0 Å². The van der Waals surface area contributed by atoms with Crippen LogP contribution in [0.5, 0.6) is 0 Å². The first-order chi connectivity index (χ1) is 50.7. The molecule has 2 unspecified atom stereocenters. The van der Waals surface area contributed by atoms with E-state index in [2.05, 4.69) is 27.7 Å². The average molecular weight is 1520 g/mol. The minimum absolute atomic E-state index is 0.109. The van der Waals surface area contributed by atoms with Crippen LogP contribution in [-0.2, 0) is 65.4 Å². The van der Waals surface area contributed by atoms with E-state index in [1.54, 1.807) is 0 Å². The Kier molecular flexibility index (Phi) is 77.7. The summed E-state index contributed by atoms with van der Waals surface area (Å²) in [7, 11) is -9.92. The Labute approximate surface area is 638 Å². The quantitative estimate of drug-likeness (QED) is 0.0222. The van der Waals surface area contributed by atoms with Crippen molar-refractivity contribution in [1.82, 2.24) is 0 Å². The van der Waals surface area contributed by atoms with Crippen molar-refractivity contribution in [3.05, 3.63) is 0 Å². The highest BCUT2D eigenvalue weighted by Gasteiger charge is 2.30. The fourth-order valence-electron chi connectivity index (χ4n) is 13.3. The summed E-state index contributed by atoms with van der Waals surface area (Å²) in [6, 6.07) is 0. The highest BCUT2D eigenvalue weighted by molar-refractivity contribution is 7.47. The molecule has 0 amide bonds. The van der Waals surface area contributed by atoms with Crippen LogP contribution in [0.25, 0.3) is 0 Å². The number of hydrogen-bond donors (Lipinski definition) is 3. The molecule has 0 spiro atoms. The fourth-order valence-corrected chi connectivity index (χ4v) is 14.9. The molecule has 0 aromatic heterocycles. The van der Waals surface area contributed by atoms with Crippen molar-refractivity contribution >= 4 is 39.5 Å². The van der Waals surface area contributed by atoms with Crippen LogP contribution in [-0.4, -0.2) is 96.7 Å². The molecule has 0 aromatic carbocycles. The van der Waals surface area contributed by atoms with Gasteiger partial charge in [0, 0.05) is 25.7 Å². The van der Waals surface area contributed by atoms with E-state index in [9.17, 15) is 43.2 Å². The normalized spacial score (nSPS) is 13.7. The van der Waals surface area contributed by atoms with Gasteiger partial charge in [-0.25, -0.2) is 9.13 Å². The molecule has 0 saturated carbocycles. The summed E-state index contributed by atoms with van der Waals surface area (Å²) in [6.07, 6.45) is 73.4. The number of phosphoric ester groups is 2. The highest BCUT2D eigenvalue weighted by atomic mass is 31.2. The molecule has 19 heteroatoms. The van der Waals surface area contributed by atoms with E-state index in [4.69, 9.17) is 37.0 Å². The molecule has 0 aliphatic rings. The average Bonchev–Trinajstić information content (AvgIpc) is 0.908. The predicted molar refractivity (Wildman–Crippen MR) is 428 cm³/mol. The zero-order valence-electron chi connectivity index (χ0n) is 68.0. The van der Waals surface area contributed by atoms with E-state index in [0.717, 1.165) is 89.9 Å². The lowest BCUT2D eigenvalue weighted by atomic mass is 10.0. The largest absolute Gasteiger partial charge is 0.472 e. The number of carbonyl (C=O) groups excluding carboxylic acids is 4. The summed E-state index contributed by atoms with van der Waals surface area (Å²) in [4.78, 5) is 73.2. The highest BCUT2D eigenvalue weighted by Crippen LogP contribution is 2.45. The summed E-state index contributed by atoms with van der Waals surface area (Å²) in [5, 5.41) is 10.7. The summed E-state index contributed by atoms with van der Waals surface area (Å²) in [5.74, 6) is -2.10. The van der Waals surface area contributed by atoms with Crippen LogP contribution in [0.1, 0.15) is 464 Å². The van der Waals surface area contributed by atoms with Gasteiger partial charge in [-0.2, -0.15) is 0 Å². The van der Waals surface area contributed by atoms with Crippen molar-refractivity contribution in [2.75, 3.05) is 39.6 Å². The number of aliphatic hydroxyl groups is 1. The van der Waals surface area contributed by atoms with Crippen molar-refractivity contribution < 1.29 is 80.2 Å². The van der Waals surface area contributed by atoms with Gasteiger partial charge in [0.15, 0.2) is 12.2 Å². The van der Waals surface area contributed by atoms with Crippen molar-refractivity contribution in [2.45, 2.75) is 483 Å². The molecule has 0 bridgehead atoms. The molecule has 0 aromatic rings. The number of aliphatic hydroxyl groups excluding tert-OH is 1. The molecule has 0 saturated heterocycles. The summed E-state index contributed by atoms with van der Waals surface area (Å²) in [5.41, 5.74) is 0. The molecule has 0 fully saturated rings.